The zero-order valence-corrected chi connectivity index (χ0v) is 20.3. The maximum Gasteiger partial charge on any atom is 0.172 e. The molecule has 1 nitrogen and oxygen atoms in total. The van der Waals surface area contributed by atoms with Crippen molar-refractivity contribution in [1.29, 1.82) is 0 Å². The van der Waals surface area contributed by atoms with Crippen molar-refractivity contribution in [3.05, 3.63) is 29.6 Å². The molecule has 1 aromatic heterocycles. The molecule has 1 heterocycles. The molecule has 1 rings (SSSR count). The van der Waals surface area contributed by atoms with Crippen molar-refractivity contribution >= 4 is 0 Å². The molecule has 0 amide bonds. The van der Waals surface area contributed by atoms with Gasteiger partial charge in [-0.2, -0.15) is 0 Å². The predicted molar refractivity (Wildman–Crippen MR) is 130 cm³/mol. The van der Waals surface area contributed by atoms with E-state index in [0.717, 1.165) is 0 Å². The van der Waals surface area contributed by atoms with Gasteiger partial charge in [0.05, 0.1) is 0 Å². The summed E-state index contributed by atoms with van der Waals surface area (Å²) in [6, 6.07) is 2.44. The Hall–Kier alpha value is -0.850. The molecular weight excluding hydrogens is 350 g/mol. The molecule has 0 unspecified atom stereocenters. The van der Waals surface area contributed by atoms with E-state index in [0.29, 0.717) is 0 Å². The summed E-state index contributed by atoms with van der Waals surface area (Å²) in [7, 11) is 0. The Morgan fingerprint density at radius 2 is 0.966 bits per heavy atom. The summed E-state index contributed by atoms with van der Waals surface area (Å²) < 4.78 is 2.46. The summed E-state index contributed by atoms with van der Waals surface area (Å²) in [6.07, 6.45) is 31.1. The van der Waals surface area contributed by atoms with Crippen LogP contribution < -0.4 is 4.57 Å². The second kappa shape index (κ2) is 19.1. The second-order valence-electron chi connectivity index (χ2n) is 9.18. The van der Waals surface area contributed by atoms with Crippen molar-refractivity contribution in [2.24, 2.45) is 0 Å². The molecule has 1 aromatic rings. The molecule has 0 atom stereocenters. The number of unbranched alkanes of at least 4 members (excludes halogenated alkanes) is 14. The molecule has 0 aliphatic heterocycles. The molecular formula is C28H52N+. The summed E-state index contributed by atoms with van der Waals surface area (Å²) in [4.78, 5) is 0. The lowest BCUT2D eigenvalue weighted by Crippen LogP contribution is -2.33. The normalized spacial score (nSPS) is 11.3. The van der Waals surface area contributed by atoms with Gasteiger partial charge in [-0.15, -0.1) is 0 Å². The van der Waals surface area contributed by atoms with Gasteiger partial charge in [0, 0.05) is 18.1 Å². The first-order valence-corrected chi connectivity index (χ1v) is 13.3. The summed E-state index contributed by atoms with van der Waals surface area (Å²) in [5.74, 6) is 0. The molecule has 168 valence electrons. The van der Waals surface area contributed by atoms with Crippen LogP contribution in [0.1, 0.15) is 141 Å². The van der Waals surface area contributed by atoms with Crippen LogP contribution in [0.2, 0.25) is 0 Å². The second-order valence-corrected chi connectivity index (χ2v) is 9.18. The van der Waals surface area contributed by atoms with Crippen molar-refractivity contribution in [3.63, 3.8) is 0 Å². The molecule has 29 heavy (non-hydrogen) atoms. The number of hydrogen-bond acceptors (Lipinski definition) is 0. The fraction of sp³-hybridized carbons (Fsp3) is 0.821. The van der Waals surface area contributed by atoms with Gasteiger partial charge in [0.25, 0.3) is 0 Å². The highest BCUT2D eigenvalue weighted by Crippen LogP contribution is 2.17. The van der Waals surface area contributed by atoms with Crippen molar-refractivity contribution in [2.45, 2.75) is 149 Å². The number of rotatable bonds is 20. The Bertz CT molecular complexity index is 479. The van der Waals surface area contributed by atoms with E-state index in [-0.39, 0.29) is 0 Å². The topological polar surface area (TPSA) is 3.88 Å². The zero-order chi connectivity index (χ0) is 21.0. The van der Waals surface area contributed by atoms with E-state index in [1.807, 2.05) is 0 Å². The van der Waals surface area contributed by atoms with E-state index in [1.54, 1.807) is 11.1 Å². The highest BCUT2D eigenvalue weighted by molar-refractivity contribution is 5.21. The Balaban J connectivity index is 2.44. The zero-order valence-electron chi connectivity index (χ0n) is 20.3. The van der Waals surface area contributed by atoms with Gasteiger partial charge in [-0.25, -0.2) is 4.57 Å². The molecule has 0 aromatic carbocycles. The van der Waals surface area contributed by atoms with Crippen molar-refractivity contribution < 1.29 is 4.57 Å². The van der Waals surface area contributed by atoms with Gasteiger partial charge in [-0.05, 0) is 37.7 Å². The fourth-order valence-electron chi connectivity index (χ4n) is 4.32. The van der Waals surface area contributed by atoms with Crippen molar-refractivity contribution in [1.82, 2.24) is 0 Å². The predicted octanol–water partition coefficient (Wildman–Crippen LogP) is 8.75. The fourth-order valence-corrected chi connectivity index (χ4v) is 4.32. The first-order chi connectivity index (χ1) is 14.3. The van der Waals surface area contributed by atoms with Gasteiger partial charge >= 0.3 is 0 Å². The number of pyridine rings is 1. The Morgan fingerprint density at radius 1 is 0.517 bits per heavy atom. The average molecular weight is 403 g/mol. The smallest absolute Gasteiger partial charge is 0.172 e. The number of nitrogens with zero attached hydrogens (tertiary/aromatic N) is 1. The molecule has 0 N–H and O–H groups in total. The maximum atomic E-state index is 2.49. The minimum Gasteiger partial charge on any atom is -0.205 e. The van der Waals surface area contributed by atoms with Crippen LogP contribution in [-0.2, 0) is 19.4 Å². The van der Waals surface area contributed by atoms with Crippen molar-refractivity contribution in [3.8, 4) is 0 Å². The van der Waals surface area contributed by atoms with E-state index in [1.165, 1.54) is 129 Å². The molecule has 0 saturated carbocycles. The van der Waals surface area contributed by atoms with E-state index in [2.05, 4.69) is 43.8 Å². The molecule has 0 bridgehead atoms. The van der Waals surface area contributed by atoms with Crippen LogP contribution >= 0.6 is 0 Å². The Morgan fingerprint density at radius 3 is 1.52 bits per heavy atom. The van der Waals surface area contributed by atoms with E-state index in [9.17, 15) is 0 Å². The largest absolute Gasteiger partial charge is 0.205 e. The van der Waals surface area contributed by atoms with Gasteiger partial charge < -0.3 is 0 Å². The molecule has 0 radical (unpaired) electrons. The summed E-state index contributed by atoms with van der Waals surface area (Å²) in [6.45, 7) is 8.09. The van der Waals surface area contributed by atoms with Crippen LogP contribution in [0.3, 0.4) is 0 Å². The van der Waals surface area contributed by atoms with Gasteiger partial charge in [0.15, 0.2) is 12.4 Å². The maximum absolute atomic E-state index is 2.49. The van der Waals surface area contributed by atoms with Gasteiger partial charge in [0.1, 0.15) is 6.54 Å². The first-order valence-electron chi connectivity index (χ1n) is 13.3. The molecule has 0 spiro atoms. The van der Waals surface area contributed by atoms with Gasteiger partial charge in [0.2, 0.25) is 0 Å². The minimum absolute atomic E-state index is 1.19. The van der Waals surface area contributed by atoms with Crippen LogP contribution in [0.4, 0.5) is 0 Å². The first kappa shape index (κ1) is 26.2. The molecule has 0 saturated heterocycles. The van der Waals surface area contributed by atoms with E-state index >= 15 is 0 Å². The highest BCUT2D eigenvalue weighted by Gasteiger charge is 2.09. The lowest BCUT2D eigenvalue weighted by atomic mass is 9.97. The molecule has 0 aliphatic carbocycles. The minimum atomic E-state index is 1.19. The standard InChI is InChI=1S/C28H52N/c1-4-7-10-12-14-16-18-21-27-23-25-29(24-20-9-6-3)26-28(27)22-19-17-15-13-11-8-5-2/h23,25-26H,4-22,24H2,1-3H3/q+1. The average Bonchev–Trinajstić information content (AvgIpc) is 2.73. The lowest BCUT2D eigenvalue weighted by Gasteiger charge is -2.09. The molecule has 0 fully saturated rings. The van der Waals surface area contributed by atoms with E-state index in [4.69, 9.17) is 0 Å². The number of aromatic nitrogens is 1. The Labute approximate surface area is 183 Å². The van der Waals surface area contributed by atoms with Gasteiger partial charge in [-0.1, -0.05) is 104 Å². The quantitative estimate of drug-likeness (QED) is 0.151. The summed E-state index contributed by atoms with van der Waals surface area (Å²) in [5.41, 5.74) is 3.28. The third-order valence-electron chi connectivity index (χ3n) is 6.32. The monoisotopic (exact) mass is 402 g/mol. The van der Waals surface area contributed by atoms with Crippen LogP contribution in [-0.4, -0.2) is 0 Å². The van der Waals surface area contributed by atoms with Gasteiger partial charge in [-0.3, -0.25) is 0 Å². The molecule has 0 aliphatic rings. The third-order valence-corrected chi connectivity index (χ3v) is 6.32. The van der Waals surface area contributed by atoms with Crippen molar-refractivity contribution in [2.75, 3.05) is 0 Å². The van der Waals surface area contributed by atoms with Crippen LogP contribution in [0.15, 0.2) is 18.5 Å². The number of hydrogen-bond donors (Lipinski definition) is 0. The SMILES string of the molecule is CCCCCCCCCc1cc[n+](CCCCC)cc1CCCCCCCCC. The van der Waals surface area contributed by atoms with Crippen LogP contribution in [0.5, 0.6) is 0 Å². The lowest BCUT2D eigenvalue weighted by molar-refractivity contribution is -0.697. The summed E-state index contributed by atoms with van der Waals surface area (Å²) in [5, 5.41) is 0. The van der Waals surface area contributed by atoms with Crippen LogP contribution in [0.25, 0.3) is 0 Å². The summed E-state index contributed by atoms with van der Waals surface area (Å²) >= 11 is 0. The van der Waals surface area contributed by atoms with Crippen LogP contribution in [0, 0.1) is 0 Å². The Kier molecular flexibility index (Phi) is 17.3. The highest BCUT2D eigenvalue weighted by atomic mass is 14.9. The number of aryl methyl sites for hydroxylation is 3. The molecule has 1 heteroatoms. The van der Waals surface area contributed by atoms with E-state index < -0.39 is 0 Å². The third kappa shape index (κ3) is 13.9.